The van der Waals surface area contributed by atoms with E-state index in [0.717, 1.165) is 23.8 Å². The molecule has 0 fully saturated rings. The Bertz CT molecular complexity index is 1310. The predicted molar refractivity (Wildman–Crippen MR) is 116 cm³/mol. The highest BCUT2D eigenvalue weighted by molar-refractivity contribution is 7.96. The monoisotopic (exact) mass is 571 g/mol. The summed E-state index contributed by atoms with van der Waals surface area (Å²) >= 11 is 6.37. The fourth-order valence-electron chi connectivity index (χ4n) is 3.70. The molecule has 198 valence electrons. The number of hydrogen-bond donors (Lipinski definition) is 1. The average Bonchev–Trinajstić information content (AvgIpc) is 2.84. The number of alkyl halides is 3. The number of rotatable bonds is 6. The van der Waals surface area contributed by atoms with E-state index in [-0.39, 0.29) is 20.3 Å². The van der Waals surface area contributed by atoms with Gasteiger partial charge in [-0.2, -0.15) is 22.0 Å². The minimum atomic E-state index is -4.56. The van der Waals surface area contributed by atoms with E-state index in [9.17, 15) is 40.3 Å². The molecule has 0 amide bonds. The number of benzene rings is 3. The highest BCUT2D eigenvalue weighted by atomic mass is 35.5. The van der Waals surface area contributed by atoms with Crippen LogP contribution in [0.3, 0.4) is 0 Å². The normalized spacial score (nSPS) is 15.6. The molecule has 0 aromatic heterocycles. The van der Waals surface area contributed by atoms with Gasteiger partial charge >= 0.3 is 6.18 Å². The summed E-state index contributed by atoms with van der Waals surface area (Å²) in [6, 6.07) is 7.39. The van der Waals surface area contributed by atoms with Crippen molar-refractivity contribution < 1.29 is 49.9 Å². The van der Waals surface area contributed by atoms with Crippen molar-refractivity contribution in [2.45, 2.75) is 36.4 Å². The van der Waals surface area contributed by atoms with Gasteiger partial charge < -0.3 is 9.57 Å². The standard InChI is InChI=1S/C23H14ClF8NO3S/c24-14-9-11(23(30,31)32)4-7-16(14)35-15-3-1-2-10-8-12(5-6-13(10)15)37-33(34)36-22-20(28)18(26)17(25)19(27)21(22)29/h4-9,15,34H,1-3H2. The van der Waals surface area contributed by atoms with Gasteiger partial charge in [-0.25, -0.2) is 13.2 Å². The third kappa shape index (κ3) is 5.74. The summed E-state index contributed by atoms with van der Waals surface area (Å²) in [4.78, 5) is 4.70. The van der Waals surface area contributed by atoms with Crippen LogP contribution in [-0.2, 0) is 12.6 Å². The first kappa shape index (κ1) is 27.3. The summed E-state index contributed by atoms with van der Waals surface area (Å²) < 4.78 is 112. The molecule has 0 heterocycles. The molecule has 1 atom stereocenters. The Balaban J connectivity index is 1.49. The van der Waals surface area contributed by atoms with Gasteiger partial charge in [-0.1, -0.05) is 17.7 Å². The Labute approximate surface area is 213 Å². The van der Waals surface area contributed by atoms with Crippen LogP contribution in [0.15, 0.2) is 41.3 Å². The first-order valence-corrected chi connectivity index (χ1v) is 11.5. The maximum absolute atomic E-state index is 13.8. The van der Waals surface area contributed by atoms with Crippen molar-refractivity contribution in [3.63, 3.8) is 0 Å². The third-order valence-electron chi connectivity index (χ3n) is 5.42. The molecule has 1 N–H and O–H groups in total. The molecule has 0 aliphatic heterocycles. The topological polar surface area (TPSA) is 41.9 Å². The van der Waals surface area contributed by atoms with Crippen LogP contribution in [-0.4, -0.2) is 9.84 Å². The summed E-state index contributed by atoms with van der Waals surface area (Å²) in [6.45, 7) is 0. The molecule has 0 radical (unpaired) electrons. The van der Waals surface area contributed by atoms with Crippen molar-refractivity contribution in [2.75, 3.05) is 0 Å². The molecular formula is C23H14ClF8NO3S. The van der Waals surface area contributed by atoms with Crippen LogP contribution < -0.4 is 9.57 Å². The summed E-state index contributed by atoms with van der Waals surface area (Å²) in [5.41, 5.74) is 0.503. The third-order valence-corrected chi connectivity index (χ3v) is 6.42. The lowest BCUT2D eigenvalue weighted by Crippen LogP contribution is -2.19. The maximum Gasteiger partial charge on any atom is 0.416 e. The zero-order valence-corrected chi connectivity index (χ0v) is 19.8. The van der Waals surface area contributed by atoms with Gasteiger partial charge in [0.25, 0.3) is 0 Å². The molecule has 4 rings (SSSR count). The second-order valence-corrected chi connectivity index (χ2v) is 9.20. The van der Waals surface area contributed by atoms with E-state index in [1.165, 1.54) is 6.07 Å². The van der Waals surface area contributed by atoms with Crippen LogP contribution in [0.25, 0.3) is 0 Å². The zero-order chi connectivity index (χ0) is 27.1. The van der Waals surface area contributed by atoms with Crippen molar-refractivity contribution in [1.29, 1.82) is 0 Å². The van der Waals surface area contributed by atoms with Gasteiger partial charge in [0, 0.05) is 21.5 Å². The SMILES string of the molecule is ON(Oc1c(F)c(F)c(F)c(F)c1F)Sc1ccc2c(c1)CCCC2Oc1ccc(C(F)(F)F)cc1Cl. The lowest BCUT2D eigenvalue weighted by Gasteiger charge is -2.27. The highest BCUT2D eigenvalue weighted by Crippen LogP contribution is 2.40. The van der Waals surface area contributed by atoms with Gasteiger partial charge in [0.05, 0.1) is 10.6 Å². The van der Waals surface area contributed by atoms with E-state index in [0.29, 0.717) is 36.8 Å². The van der Waals surface area contributed by atoms with E-state index >= 15 is 0 Å². The van der Waals surface area contributed by atoms with Crippen LogP contribution >= 0.6 is 23.5 Å². The second-order valence-electron chi connectivity index (χ2n) is 7.82. The molecule has 0 saturated heterocycles. The summed E-state index contributed by atoms with van der Waals surface area (Å²) in [7, 11) is 0. The number of halogens is 9. The van der Waals surface area contributed by atoms with E-state index in [1.807, 2.05) is 0 Å². The Kier molecular flexibility index (Phi) is 7.79. The van der Waals surface area contributed by atoms with E-state index < -0.39 is 52.7 Å². The van der Waals surface area contributed by atoms with E-state index in [1.54, 1.807) is 12.1 Å². The number of aryl methyl sites for hydroxylation is 1. The molecule has 14 heteroatoms. The molecule has 0 bridgehead atoms. The first-order chi connectivity index (χ1) is 17.4. The number of fused-ring (bicyclic) bond motifs is 1. The quantitative estimate of drug-likeness (QED) is 0.106. The molecule has 4 nitrogen and oxygen atoms in total. The summed E-state index contributed by atoms with van der Waals surface area (Å²) in [6.07, 6.45) is -3.38. The Morgan fingerprint density at radius 1 is 0.919 bits per heavy atom. The van der Waals surface area contributed by atoms with Gasteiger partial charge in [-0.05, 0) is 60.7 Å². The van der Waals surface area contributed by atoms with Crippen molar-refractivity contribution in [1.82, 2.24) is 4.63 Å². The van der Waals surface area contributed by atoms with Crippen LogP contribution in [0.4, 0.5) is 35.1 Å². The fraction of sp³-hybridized carbons (Fsp3) is 0.217. The van der Waals surface area contributed by atoms with Crippen molar-refractivity contribution >= 4 is 23.5 Å². The minimum Gasteiger partial charge on any atom is -0.484 e. The van der Waals surface area contributed by atoms with Crippen molar-refractivity contribution in [3.05, 3.63) is 87.2 Å². The maximum atomic E-state index is 13.8. The van der Waals surface area contributed by atoms with Crippen LogP contribution in [0.5, 0.6) is 11.5 Å². The molecule has 3 aromatic carbocycles. The predicted octanol–water partition coefficient (Wildman–Crippen LogP) is 8.20. The van der Waals surface area contributed by atoms with Crippen LogP contribution in [0.1, 0.15) is 35.6 Å². The van der Waals surface area contributed by atoms with Crippen molar-refractivity contribution in [2.24, 2.45) is 0 Å². The van der Waals surface area contributed by atoms with E-state index in [4.69, 9.17) is 16.3 Å². The number of hydrogen-bond acceptors (Lipinski definition) is 5. The smallest absolute Gasteiger partial charge is 0.416 e. The molecule has 1 unspecified atom stereocenters. The minimum absolute atomic E-state index is 0.0590. The number of ether oxygens (including phenoxy) is 1. The van der Waals surface area contributed by atoms with Gasteiger partial charge in [-0.3, -0.25) is 5.21 Å². The molecule has 3 aromatic rings. The molecule has 1 aliphatic carbocycles. The van der Waals surface area contributed by atoms with Crippen LogP contribution in [0, 0.1) is 29.1 Å². The lowest BCUT2D eigenvalue weighted by molar-refractivity contribution is -0.194. The Hall–Kier alpha value is -2.74. The molecule has 37 heavy (non-hydrogen) atoms. The fourth-order valence-corrected chi connectivity index (χ4v) is 4.54. The summed E-state index contributed by atoms with van der Waals surface area (Å²) in [5.74, 6) is -13.0. The Morgan fingerprint density at radius 2 is 1.57 bits per heavy atom. The van der Waals surface area contributed by atoms with Crippen molar-refractivity contribution in [3.8, 4) is 11.5 Å². The summed E-state index contributed by atoms with van der Waals surface area (Å²) in [5, 5.41) is 9.69. The lowest BCUT2D eigenvalue weighted by atomic mass is 9.89. The van der Waals surface area contributed by atoms with Gasteiger partial charge in [0.15, 0.2) is 0 Å². The molecule has 1 aliphatic rings. The van der Waals surface area contributed by atoms with Gasteiger partial charge in [0.2, 0.25) is 34.8 Å². The van der Waals surface area contributed by atoms with Crippen LogP contribution in [0.2, 0.25) is 5.02 Å². The van der Waals surface area contributed by atoms with Gasteiger partial charge in [0.1, 0.15) is 11.9 Å². The highest BCUT2D eigenvalue weighted by Gasteiger charge is 2.32. The Morgan fingerprint density at radius 3 is 2.19 bits per heavy atom. The van der Waals surface area contributed by atoms with E-state index in [2.05, 4.69) is 4.84 Å². The molecule has 0 saturated carbocycles. The molecular weight excluding hydrogens is 558 g/mol. The van der Waals surface area contributed by atoms with Gasteiger partial charge in [-0.15, -0.1) is 0 Å². The largest absolute Gasteiger partial charge is 0.484 e. The number of nitrogens with zero attached hydrogens (tertiary/aromatic N) is 1. The average molecular weight is 572 g/mol. The first-order valence-electron chi connectivity index (χ1n) is 10.4. The molecule has 0 spiro atoms. The second kappa shape index (κ2) is 10.6. The zero-order valence-electron chi connectivity index (χ0n) is 18.2.